The van der Waals surface area contributed by atoms with Crippen molar-refractivity contribution in [2.24, 2.45) is 11.7 Å². The van der Waals surface area contributed by atoms with Crippen LogP contribution in [0.1, 0.15) is 90.5 Å². The van der Waals surface area contributed by atoms with E-state index in [0.29, 0.717) is 38.0 Å². The van der Waals surface area contributed by atoms with Gasteiger partial charge in [-0.15, -0.1) is 0 Å². The number of rotatable bonds is 20. The van der Waals surface area contributed by atoms with Crippen LogP contribution in [0.4, 0.5) is 10.5 Å². The molecule has 1 unspecified atom stereocenters. The Bertz CT molecular complexity index is 1370. The lowest BCUT2D eigenvalue weighted by Gasteiger charge is -2.25. The zero-order valence-corrected chi connectivity index (χ0v) is 28.3. The maximum absolute atomic E-state index is 13.4. The van der Waals surface area contributed by atoms with Crippen LogP contribution in [0.2, 0.25) is 0 Å². The fourth-order valence-corrected chi connectivity index (χ4v) is 5.21. The summed E-state index contributed by atoms with van der Waals surface area (Å²) < 4.78 is 5.14. The molecule has 262 valence electrons. The molecule has 1 aromatic carbocycles. The van der Waals surface area contributed by atoms with Crippen LogP contribution in [0.15, 0.2) is 47.7 Å². The number of nitrogens with zero attached hydrogens (tertiary/aromatic N) is 1. The average molecular weight is 667 g/mol. The average Bonchev–Trinajstić information content (AvgIpc) is 3.83. The zero-order chi connectivity index (χ0) is 35.1. The first-order valence-corrected chi connectivity index (χ1v) is 16.9. The lowest BCUT2D eigenvalue weighted by molar-refractivity contribution is -0.144. The van der Waals surface area contributed by atoms with Crippen LogP contribution < -0.4 is 27.0 Å². The number of allylic oxidation sites excluding steroid dienone is 2. The summed E-state index contributed by atoms with van der Waals surface area (Å²) in [4.78, 5) is 76.1. The van der Waals surface area contributed by atoms with Crippen molar-refractivity contribution in [2.75, 3.05) is 18.4 Å². The van der Waals surface area contributed by atoms with Crippen molar-refractivity contribution in [1.82, 2.24) is 20.9 Å². The van der Waals surface area contributed by atoms with Crippen molar-refractivity contribution in [3.05, 3.63) is 53.3 Å². The van der Waals surface area contributed by atoms with Gasteiger partial charge >= 0.3 is 12.0 Å². The normalized spacial score (nSPS) is 14.8. The van der Waals surface area contributed by atoms with E-state index in [-0.39, 0.29) is 49.6 Å². The first-order valence-electron chi connectivity index (χ1n) is 16.9. The third kappa shape index (κ3) is 12.8. The van der Waals surface area contributed by atoms with Crippen molar-refractivity contribution in [2.45, 2.75) is 104 Å². The largest absolute Gasteiger partial charge is 0.461 e. The predicted octanol–water partition coefficient (Wildman–Crippen LogP) is 3.55. The highest BCUT2D eigenvalue weighted by atomic mass is 16.5. The van der Waals surface area contributed by atoms with Crippen molar-refractivity contribution in [3.63, 3.8) is 0 Å². The molecule has 48 heavy (non-hydrogen) atoms. The first-order chi connectivity index (χ1) is 23.0. The maximum atomic E-state index is 13.4. The van der Waals surface area contributed by atoms with E-state index in [4.69, 9.17) is 10.5 Å². The van der Waals surface area contributed by atoms with Crippen molar-refractivity contribution in [3.8, 4) is 0 Å². The number of benzene rings is 1. The van der Waals surface area contributed by atoms with Gasteiger partial charge in [0.1, 0.15) is 18.7 Å². The summed E-state index contributed by atoms with van der Waals surface area (Å²) in [6.07, 6.45) is 9.58. The highest BCUT2D eigenvalue weighted by Crippen LogP contribution is 2.35. The van der Waals surface area contributed by atoms with Crippen LogP contribution in [0.25, 0.3) is 0 Å². The second-order valence-electron chi connectivity index (χ2n) is 12.5. The summed E-state index contributed by atoms with van der Waals surface area (Å²) in [5.74, 6) is -1.70. The number of unbranched alkanes of at least 4 members (excludes halogenated alkanes) is 3. The molecule has 0 bridgehead atoms. The summed E-state index contributed by atoms with van der Waals surface area (Å²) in [6, 6.07) is 4.44. The molecule has 13 nitrogen and oxygen atoms in total. The minimum Gasteiger partial charge on any atom is -0.461 e. The van der Waals surface area contributed by atoms with Crippen LogP contribution in [0.5, 0.6) is 0 Å². The molecule has 1 aliphatic carbocycles. The Labute approximate surface area is 282 Å². The summed E-state index contributed by atoms with van der Waals surface area (Å²) in [5.41, 5.74) is 8.74. The topological polar surface area (TPSA) is 189 Å². The molecule has 6 amide bonds. The number of nitrogens with one attached hydrogen (secondary N) is 4. The Morgan fingerprint density at radius 1 is 0.917 bits per heavy atom. The molecule has 0 aromatic heterocycles. The van der Waals surface area contributed by atoms with Gasteiger partial charge in [0.15, 0.2) is 0 Å². The number of amides is 6. The number of ether oxygens (including phenoxy) is 1. The molecule has 1 fully saturated rings. The number of urea groups is 1. The van der Waals surface area contributed by atoms with Crippen LogP contribution in [-0.2, 0) is 35.3 Å². The number of anilines is 1. The van der Waals surface area contributed by atoms with Crippen molar-refractivity contribution >= 4 is 41.3 Å². The SMILES string of the molecule is CCC(=O)OCc1ccc(NC(=O)[C@H](CCCCNC(N)=O)NC(=O)C(NC(=O)CCCCCN2C(=O)C=CC2=C2CC2)C(C)C)cc1. The van der Waals surface area contributed by atoms with Gasteiger partial charge in [-0.1, -0.05) is 39.3 Å². The highest BCUT2D eigenvalue weighted by Gasteiger charge is 2.29. The van der Waals surface area contributed by atoms with Gasteiger partial charge in [0, 0.05) is 43.4 Å². The maximum Gasteiger partial charge on any atom is 0.312 e. The van der Waals surface area contributed by atoms with Gasteiger partial charge in [0.25, 0.3) is 5.91 Å². The predicted molar refractivity (Wildman–Crippen MR) is 181 cm³/mol. The number of carbonyl (C=O) groups excluding carboxylic acids is 6. The molecular weight excluding hydrogens is 616 g/mol. The van der Waals surface area contributed by atoms with Gasteiger partial charge in [-0.2, -0.15) is 0 Å². The molecule has 6 N–H and O–H groups in total. The molecular formula is C35H50N6O7. The molecule has 0 spiro atoms. The number of primary amides is 1. The fraction of sp³-hybridized carbons (Fsp3) is 0.543. The van der Waals surface area contributed by atoms with Crippen LogP contribution >= 0.6 is 0 Å². The van der Waals surface area contributed by atoms with Gasteiger partial charge in [0.05, 0.1) is 0 Å². The number of carbonyl (C=O) groups is 6. The Morgan fingerprint density at radius 2 is 1.65 bits per heavy atom. The molecule has 0 saturated heterocycles. The number of nitrogens with two attached hydrogens (primary N) is 1. The Hall–Kier alpha value is -4.68. The molecule has 2 aliphatic rings. The van der Waals surface area contributed by atoms with E-state index in [2.05, 4.69) is 21.3 Å². The summed E-state index contributed by atoms with van der Waals surface area (Å²) in [7, 11) is 0. The van der Waals surface area contributed by atoms with Crippen molar-refractivity contribution < 1.29 is 33.5 Å². The van der Waals surface area contributed by atoms with Gasteiger partial charge in [-0.3, -0.25) is 24.0 Å². The Morgan fingerprint density at radius 3 is 2.29 bits per heavy atom. The van der Waals surface area contributed by atoms with E-state index in [1.54, 1.807) is 37.3 Å². The van der Waals surface area contributed by atoms with Gasteiger partial charge in [-0.25, -0.2) is 4.79 Å². The number of hydrogen-bond acceptors (Lipinski definition) is 7. The molecule has 1 saturated carbocycles. The van der Waals surface area contributed by atoms with E-state index in [0.717, 1.165) is 36.9 Å². The molecule has 0 radical (unpaired) electrons. The van der Waals surface area contributed by atoms with E-state index >= 15 is 0 Å². The zero-order valence-electron chi connectivity index (χ0n) is 28.3. The summed E-state index contributed by atoms with van der Waals surface area (Å²) in [6.45, 7) is 6.42. The standard InChI is InChI=1S/C35H50N6O7/c1-4-31(44)48-22-24-12-16-26(17-13-24)38-33(45)27(10-7-8-20-37-35(36)47)39-34(46)32(23(2)3)40-29(42)11-6-5-9-21-41-28(25-14-15-25)18-19-30(41)43/h12-13,16-19,23,27,32H,4-11,14-15,20-22H2,1-3H3,(H,38,45)(H,39,46)(H,40,42)(H3,36,37,47)/t27-,32?/m0/s1. The smallest absolute Gasteiger partial charge is 0.312 e. The molecule has 1 aliphatic heterocycles. The van der Waals surface area contributed by atoms with Gasteiger partial charge in [-0.05, 0) is 80.2 Å². The fourth-order valence-electron chi connectivity index (χ4n) is 5.21. The van der Waals surface area contributed by atoms with Gasteiger partial charge < -0.3 is 36.6 Å². The van der Waals surface area contributed by atoms with Crippen LogP contribution in [0.3, 0.4) is 0 Å². The first kappa shape index (κ1) is 37.8. The molecule has 13 heteroatoms. The minimum atomic E-state index is -0.910. The lowest BCUT2D eigenvalue weighted by atomic mass is 10.0. The van der Waals surface area contributed by atoms with E-state index < -0.39 is 29.9 Å². The Kier molecular flexibility index (Phi) is 15.1. The highest BCUT2D eigenvalue weighted by molar-refractivity contribution is 5.98. The molecule has 1 heterocycles. The molecule has 3 rings (SSSR count). The van der Waals surface area contributed by atoms with E-state index in [1.165, 1.54) is 5.57 Å². The van der Waals surface area contributed by atoms with E-state index in [9.17, 15) is 28.8 Å². The summed E-state index contributed by atoms with van der Waals surface area (Å²) in [5, 5.41) is 11.0. The minimum absolute atomic E-state index is 0.00629. The second-order valence-corrected chi connectivity index (χ2v) is 12.5. The quantitative estimate of drug-likeness (QED) is 0.104. The number of esters is 1. The van der Waals surface area contributed by atoms with Gasteiger partial charge in [0.2, 0.25) is 17.7 Å². The Balaban J connectivity index is 1.52. The third-order valence-corrected chi connectivity index (χ3v) is 8.12. The summed E-state index contributed by atoms with van der Waals surface area (Å²) >= 11 is 0. The second kappa shape index (κ2) is 19.2. The van der Waals surface area contributed by atoms with Crippen LogP contribution in [0, 0.1) is 5.92 Å². The monoisotopic (exact) mass is 666 g/mol. The number of hydrogen-bond donors (Lipinski definition) is 5. The third-order valence-electron chi connectivity index (χ3n) is 8.12. The van der Waals surface area contributed by atoms with Crippen molar-refractivity contribution in [1.29, 1.82) is 0 Å². The molecule has 1 aromatic rings. The lowest BCUT2D eigenvalue weighted by Crippen LogP contribution is -2.54. The van der Waals surface area contributed by atoms with Crippen LogP contribution in [-0.4, -0.2) is 65.7 Å². The molecule has 2 atom stereocenters. The van der Waals surface area contributed by atoms with E-state index in [1.807, 2.05) is 24.8 Å².